The minimum atomic E-state index is -0.432. The van der Waals surface area contributed by atoms with Gasteiger partial charge in [-0.05, 0) is 35.3 Å². The molecule has 0 saturated heterocycles. The van der Waals surface area contributed by atoms with Gasteiger partial charge in [0, 0.05) is 19.1 Å². The van der Waals surface area contributed by atoms with Gasteiger partial charge in [0.15, 0.2) is 11.5 Å². The van der Waals surface area contributed by atoms with Crippen LogP contribution in [-0.4, -0.2) is 11.0 Å². The van der Waals surface area contributed by atoms with Gasteiger partial charge in [-0.2, -0.15) is 0 Å². The van der Waals surface area contributed by atoms with Gasteiger partial charge in [0.25, 0.3) is 0 Å². The lowest BCUT2D eigenvalue weighted by Gasteiger charge is -2.04. The second-order valence-corrected chi connectivity index (χ2v) is 5.94. The van der Waals surface area contributed by atoms with Crippen molar-refractivity contribution in [2.75, 3.05) is 0 Å². The van der Waals surface area contributed by atoms with Crippen LogP contribution in [0.2, 0.25) is 0 Å². The van der Waals surface area contributed by atoms with Gasteiger partial charge in [-0.3, -0.25) is 0 Å². The monoisotopic (exact) mass is 321 g/mol. The molecule has 0 radical (unpaired) electrons. The van der Waals surface area contributed by atoms with E-state index >= 15 is 0 Å². The van der Waals surface area contributed by atoms with E-state index in [0.29, 0.717) is 23.1 Å². The summed E-state index contributed by atoms with van der Waals surface area (Å²) in [5, 5.41) is 0. The van der Waals surface area contributed by atoms with Crippen molar-refractivity contribution in [3.05, 3.63) is 65.6 Å². The summed E-state index contributed by atoms with van der Waals surface area (Å²) >= 11 is 0. The number of oxazole rings is 1. The Hall–Kier alpha value is -2.88. The van der Waals surface area contributed by atoms with Crippen LogP contribution in [0.25, 0.3) is 17.2 Å². The third-order valence-electron chi connectivity index (χ3n) is 3.70. The van der Waals surface area contributed by atoms with Crippen LogP contribution >= 0.6 is 0 Å². The standard InChI is InChI=1S/C20H19NO3/c1-13(2)16-7-4-15(5-8-16)6-11-20(22)24-17-9-10-18-19(12-17)23-14(3)21-18/h4-13H,1-3H3/b11-6+. The number of esters is 1. The Labute approximate surface area is 140 Å². The number of aryl methyl sites for hydroxylation is 1. The van der Waals surface area contributed by atoms with Gasteiger partial charge >= 0.3 is 5.97 Å². The minimum Gasteiger partial charge on any atom is -0.441 e. The first-order valence-electron chi connectivity index (χ1n) is 7.88. The first-order chi connectivity index (χ1) is 11.5. The van der Waals surface area contributed by atoms with Gasteiger partial charge in [0.05, 0.1) is 0 Å². The molecule has 122 valence electrons. The van der Waals surface area contributed by atoms with Crippen molar-refractivity contribution in [2.45, 2.75) is 26.7 Å². The summed E-state index contributed by atoms with van der Waals surface area (Å²) in [5.74, 6) is 1.07. The largest absolute Gasteiger partial charge is 0.441 e. The predicted octanol–water partition coefficient (Wildman–Crippen LogP) is 4.88. The number of aromatic nitrogens is 1. The summed E-state index contributed by atoms with van der Waals surface area (Å²) in [4.78, 5) is 16.2. The zero-order valence-corrected chi connectivity index (χ0v) is 13.9. The smallest absolute Gasteiger partial charge is 0.336 e. The number of ether oxygens (including phenoxy) is 1. The van der Waals surface area contributed by atoms with Crippen molar-refractivity contribution in [1.29, 1.82) is 0 Å². The highest BCUT2D eigenvalue weighted by Crippen LogP contribution is 2.21. The number of hydrogen-bond donors (Lipinski definition) is 0. The first-order valence-corrected chi connectivity index (χ1v) is 7.88. The summed E-state index contributed by atoms with van der Waals surface area (Å²) in [6.45, 7) is 6.07. The van der Waals surface area contributed by atoms with E-state index in [1.165, 1.54) is 11.6 Å². The molecule has 0 aliphatic rings. The van der Waals surface area contributed by atoms with Gasteiger partial charge in [-0.15, -0.1) is 0 Å². The number of nitrogens with zero attached hydrogens (tertiary/aromatic N) is 1. The maximum Gasteiger partial charge on any atom is 0.336 e. The fourth-order valence-corrected chi connectivity index (χ4v) is 2.39. The molecule has 4 nitrogen and oxygen atoms in total. The van der Waals surface area contributed by atoms with Crippen molar-refractivity contribution in [1.82, 2.24) is 4.98 Å². The minimum absolute atomic E-state index is 0.432. The SMILES string of the molecule is Cc1nc2ccc(OC(=O)/C=C/c3ccc(C(C)C)cc3)cc2o1. The number of benzene rings is 2. The van der Waals surface area contributed by atoms with Crippen LogP contribution in [0.3, 0.4) is 0 Å². The van der Waals surface area contributed by atoms with E-state index < -0.39 is 5.97 Å². The zero-order valence-electron chi connectivity index (χ0n) is 13.9. The van der Waals surface area contributed by atoms with Gasteiger partial charge in [-0.1, -0.05) is 38.1 Å². The van der Waals surface area contributed by atoms with Crippen molar-refractivity contribution in [3.8, 4) is 5.75 Å². The maximum absolute atomic E-state index is 11.9. The van der Waals surface area contributed by atoms with E-state index in [-0.39, 0.29) is 0 Å². The molecule has 0 spiro atoms. The molecule has 24 heavy (non-hydrogen) atoms. The maximum atomic E-state index is 11.9. The summed E-state index contributed by atoms with van der Waals surface area (Å²) < 4.78 is 10.7. The molecule has 0 atom stereocenters. The van der Waals surface area contributed by atoms with Crippen LogP contribution in [0.15, 0.2) is 53.0 Å². The van der Waals surface area contributed by atoms with E-state index in [0.717, 1.165) is 11.1 Å². The molecule has 0 aliphatic carbocycles. The molecule has 0 fully saturated rings. The number of hydrogen-bond acceptors (Lipinski definition) is 4. The Kier molecular flexibility index (Phi) is 4.47. The molecule has 1 aromatic heterocycles. The molecule has 0 aliphatic heterocycles. The third kappa shape index (κ3) is 3.71. The Bertz CT molecular complexity index is 889. The molecule has 0 amide bonds. The molecule has 0 N–H and O–H groups in total. The lowest BCUT2D eigenvalue weighted by molar-refractivity contribution is -0.128. The first kappa shape index (κ1) is 16.0. The number of fused-ring (bicyclic) bond motifs is 1. The highest BCUT2D eigenvalue weighted by Gasteiger charge is 2.06. The average molecular weight is 321 g/mol. The molecule has 0 saturated carbocycles. The molecule has 4 heteroatoms. The normalized spacial score (nSPS) is 11.5. The van der Waals surface area contributed by atoms with Crippen molar-refractivity contribution in [3.63, 3.8) is 0 Å². The van der Waals surface area contributed by atoms with Crippen LogP contribution < -0.4 is 4.74 Å². The molecule has 3 aromatic rings. The third-order valence-corrected chi connectivity index (χ3v) is 3.70. The topological polar surface area (TPSA) is 52.3 Å². The second-order valence-electron chi connectivity index (χ2n) is 5.94. The molecular weight excluding hydrogens is 302 g/mol. The lowest BCUT2D eigenvalue weighted by atomic mass is 10.0. The van der Waals surface area contributed by atoms with E-state index in [9.17, 15) is 4.79 Å². The summed E-state index contributed by atoms with van der Waals surface area (Å²) in [6.07, 6.45) is 3.16. The molecule has 2 aromatic carbocycles. The Morgan fingerprint density at radius 3 is 2.62 bits per heavy atom. The Morgan fingerprint density at radius 1 is 1.17 bits per heavy atom. The fraction of sp³-hybridized carbons (Fsp3) is 0.200. The average Bonchev–Trinajstić information content (AvgIpc) is 2.92. The van der Waals surface area contributed by atoms with Crippen molar-refractivity contribution < 1.29 is 13.9 Å². The zero-order chi connectivity index (χ0) is 17.1. The van der Waals surface area contributed by atoms with E-state index in [2.05, 4.69) is 31.0 Å². The van der Waals surface area contributed by atoms with Gasteiger partial charge in [0.2, 0.25) is 0 Å². The van der Waals surface area contributed by atoms with Crippen LogP contribution in [0.4, 0.5) is 0 Å². The molecule has 1 heterocycles. The van der Waals surface area contributed by atoms with Crippen LogP contribution in [0.1, 0.15) is 36.8 Å². The van der Waals surface area contributed by atoms with E-state index in [1.807, 2.05) is 12.1 Å². The Morgan fingerprint density at radius 2 is 1.92 bits per heavy atom. The second kappa shape index (κ2) is 6.71. The molecular formula is C20H19NO3. The van der Waals surface area contributed by atoms with Gasteiger partial charge in [-0.25, -0.2) is 9.78 Å². The highest BCUT2D eigenvalue weighted by atomic mass is 16.5. The van der Waals surface area contributed by atoms with Gasteiger partial charge in [0.1, 0.15) is 11.3 Å². The van der Waals surface area contributed by atoms with E-state index in [4.69, 9.17) is 9.15 Å². The van der Waals surface area contributed by atoms with Crippen molar-refractivity contribution >= 4 is 23.1 Å². The van der Waals surface area contributed by atoms with Crippen LogP contribution in [0, 0.1) is 6.92 Å². The summed E-state index contributed by atoms with van der Waals surface area (Å²) in [7, 11) is 0. The molecule has 3 rings (SSSR count). The van der Waals surface area contributed by atoms with Gasteiger partial charge < -0.3 is 9.15 Å². The fourth-order valence-electron chi connectivity index (χ4n) is 2.39. The Balaban J connectivity index is 1.67. The summed E-state index contributed by atoms with van der Waals surface area (Å²) in [6, 6.07) is 13.2. The predicted molar refractivity (Wildman–Crippen MR) is 93.9 cm³/mol. The van der Waals surface area contributed by atoms with E-state index in [1.54, 1.807) is 31.2 Å². The number of carbonyl (C=O) groups excluding carboxylic acids is 1. The molecule has 0 unspecified atom stereocenters. The lowest BCUT2D eigenvalue weighted by Crippen LogP contribution is -2.03. The van der Waals surface area contributed by atoms with Crippen molar-refractivity contribution in [2.24, 2.45) is 0 Å². The molecule has 0 bridgehead atoms. The number of carbonyl (C=O) groups is 1. The quantitative estimate of drug-likeness (QED) is 0.390. The summed E-state index contributed by atoms with van der Waals surface area (Å²) in [5.41, 5.74) is 3.57. The van der Waals surface area contributed by atoms with Crippen LogP contribution in [0.5, 0.6) is 5.75 Å². The highest BCUT2D eigenvalue weighted by molar-refractivity contribution is 5.89. The number of rotatable bonds is 4. The van der Waals surface area contributed by atoms with Crippen LogP contribution in [-0.2, 0) is 4.79 Å².